The largest absolute Gasteiger partial charge is 0.370 e. The third-order valence-electron chi connectivity index (χ3n) is 2.01. The minimum atomic E-state index is -0.406. The summed E-state index contributed by atoms with van der Waals surface area (Å²) in [5.74, 6) is -0.690. The molecule has 16 heavy (non-hydrogen) atoms. The summed E-state index contributed by atoms with van der Waals surface area (Å²) in [5.41, 5.74) is 10.7. The number of hydrogen-bond donors (Lipinski definition) is 3. The summed E-state index contributed by atoms with van der Waals surface area (Å²) < 4.78 is 0. The highest BCUT2D eigenvalue weighted by Gasteiger charge is 2.04. The van der Waals surface area contributed by atoms with Crippen molar-refractivity contribution in [2.75, 3.05) is 6.54 Å². The maximum Gasteiger partial charge on any atom is 0.249 e. The molecule has 1 aromatic heterocycles. The van der Waals surface area contributed by atoms with Crippen LogP contribution in [-0.2, 0) is 11.3 Å². The number of amides is 2. The number of carbonyl (C=O) groups is 2. The van der Waals surface area contributed by atoms with Gasteiger partial charge in [0.25, 0.3) is 0 Å². The van der Waals surface area contributed by atoms with Crippen molar-refractivity contribution in [2.24, 2.45) is 11.5 Å². The van der Waals surface area contributed by atoms with Gasteiger partial charge in [0.2, 0.25) is 11.8 Å². The molecule has 0 saturated heterocycles. The Bertz CT molecular complexity index is 376. The van der Waals surface area contributed by atoms with E-state index >= 15 is 0 Å². The van der Waals surface area contributed by atoms with E-state index < -0.39 is 5.91 Å². The standard InChI is InChI=1S/C10H15N3O2S/c11-9(14)2-1-3-13-5-8-4-7(6-16-8)10(12)15/h4,6,13H,1-3,5H2,(H2,11,14)(H2,12,15). The highest BCUT2D eigenvalue weighted by Crippen LogP contribution is 2.13. The predicted octanol–water partition coefficient (Wildman–Crippen LogP) is 0.202. The summed E-state index contributed by atoms with van der Waals surface area (Å²) >= 11 is 1.49. The molecule has 0 fully saturated rings. The van der Waals surface area contributed by atoms with Crippen LogP contribution in [0.15, 0.2) is 11.4 Å². The van der Waals surface area contributed by atoms with Crippen LogP contribution in [0.25, 0.3) is 0 Å². The Labute approximate surface area is 97.8 Å². The fourth-order valence-electron chi connectivity index (χ4n) is 1.20. The Morgan fingerprint density at radius 2 is 2.12 bits per heavy atom. The fourth-order valence-corrected chi connectivity index (χ4v) is 2.04. The molecule has 0 radical (unpaired) electrons. The van der Waals surface area contributed by atoms with Crippen LogP contribution in [0.4, 0.5) is 0 Å². The zero-order valence-corrected chi connectivity index (χ0v) is 9.68. The molecule has 5 N–H and O–H groups in total. The molecule has 2 amide bonds. The molecule has 5 nitrogen and oxygen atoms in total. The van der Waals surface area contributed by atoms with Gasteiger partial charge in [-0.15, -0.1) is 11.3 Å². The Kier molecular flexibility index (Phi) is 4.94. The molecule has 0 bridgehead atoms. The normalized spacial score (nSPS) is 10.2. The zero-order chi connectivity index (χ0) is 12.0. The van der Waals surface area contributed by atoms with Crippen molar-refractivity contribution < 1.29 is 9.59 Å². The summed E-state index contributed by atoms with van der Waals surface area (Å²) in [6.07, 6.45) is 1.12. The van der Waals surface area contributed by atoms with E-state index in [0.717, 1.165) is 17.8 Å². The van der Waals surface area contributed by atoms with Gasteiger partial charge in [0.15, 0.2) is 0 Å². The van der Waals surface area contributed by atoms with Crippen molar-refractivity contribution in [1.82, 2.24) is 5.32 Å². The van der Waals surface area contributed by atoms with E-state index in [1.165, 1.54) is 11.3 Å². The molecule has 0 aliphatic heterocycles. The number of carbonyl (C=O) groups excluding carboxylic acids is 2. The van der Waals surface area contributed by atoms with Crippen molar-refractivity contribution in [1.29, 1.82) is 0 Å². The first-order valence-corrected chi connectivity index (χ1v) is 5.84. The van der Waals surface area contributed by atoms with Crippen LogP contribution in [0.2, 0.25) is 0 Å². The molecule has 0 aliphatic carbocycles. The van der Waals surface area contributed by atoms with Gasteiger partial charge in [-0.25, -0.2) is 0 Å². The lowest BCUT2D eigenvalue weighted by atomic mass is 10.3. The number of hydrogen-bond acceptors (Lipinski definition) is 4. The maximum absolute atomic E-state index is 10.8. The molecule has 88 valence electrons. The second-order valence-corrected chi connectivity index (χ2v) is 4.41. The molecule has 0 aromatic carbocycles. The van der Waals surface area contributed by atoms with Crippen LogP contribution in [-0.4, -0.2) is 18.4 Å². The summed E-state index contributed by atoms with van der Waals surface area (Å²) in [6.45, 7) is 1.41. The average molecular weight is 241 g/mol. The monoisotopic (exact) mass is 241 g/mol. The lowest BCUT2D eigenvalue weighted by Crippen LogP contribution is -2.17. The first-order chi connectivity index (χ1) is 7.59. The lowest BCUT2D eigenvalue weighted by molar-refractivity contribution is -0.118. The maximum atomic E-state index is 10.8. The third kappa shape index (κ3) is 4.41. The Morgan fingerprint density at radius 3 is 2.69 bits per heavy atom. The predicted molar refractivity (Wildman–Crippen MR) is 63.0 cm³/mol. The quantitative estimate of drug-likeness (QED) is 0.595. The second-order valence-electron chi connectivity index (χ2n) is 3.41. The first-order valence-electron chi connectivity index (χ1n) is 4.96. The van der Waals surface area contributed by atoms with E-state index in [9.17, 15) is 9.59 Å². The molecular formula is C10H15N3O2S. The summed E-state index contributed by atoms with van der Waals surface area (Å²) in [7, 11) is 0. The number of thiophene rings is 1. The Morgan fingerprint density at radius 1 is 1.38 bits per heavy atom. The van der Waals surface area contributed by atoms with Gasteiger partial charge in [0.05, 0.1) is 5.56 Å². The highest BCUT2D eigenvalue weighted by atomic mass is 32.1. The molecule has 0 aliphatic rings. The third-order valence-corrected chi connectivity index (χ3v) is 2.95. The SMILES string of the molecule is NC(=O)CCCNCc1cc(C(N)=O)cs1. The van der Waals surface area contributed by atoms with Crippen LogP contribution in [0.5, 0.6) is 0 Å². The molecule has 0 atom stereocenters. The van der Waals surface area contributed by atoms with Gasteiger partial charge in [-0.1, -0.05) is 0 Å². The van der Waals surface area contributed by atoms with E-state index in [1.54, 1.807) is 11.4 Å². The summed E-state index contributed by atoms with van der Waals surface area (Å²) in [6, 6.07) is 1.77. The van der Waals surface area contributed by atoms with Gasteiger partial charge in [-0.05, 0) is 19.0 Å². The molecular weight excluding hydrogens is 226 g/mol. The van der Waals surface area contributed by atoms with Crippen molar-refractivity contribution in [3.8, 4) is 0 Å². The van der Waals surface area contributed by atoms with Crippen molar-refractivity contribution in [2.45, 2.75) is 19.4 Å². The van der Waals surface area contributed by atoms with Gasteiger partial charge in [-0.2, -0.15) is 0 Å². The fraction of sp³-hybridized carbons (Fsp3) is 0.400. The van der Waals surface area contributed by atoms with Crippen molar-refractivity contribution in [3.05, 3.63) is 21.9 Å². The minimum absolute atomic E-state index is 0.283. The van der Waals surface area contributed by atoms with Crippen LogP contribution in [0, 0.1) is 0 Å². The Balaban J connectivity index is 2.21. The van der Waals surface area contributed by atoms with Crippen LogP contribution >= 0.6 is 11.3 Å². The van der Waals surface area contributed by atoms with Crippen molar-refractivity contribution >= 4 is 23.2 Å². The molecule has 1 rings (SSSR count). The van der Waals surface area contributed by atoms with Gasteiger partial charge in [-0.3, -0.25) is 9.59 Å². The number of primary amides is 2. The van der Waals surface area contributed by atoms with Crippen molar-refractivity contribution in [3.63, 3.8) is 0 Å². The highest BCUT2D eigenvalue weighted by molar-refractivity contribution is 7.10. The summed E-state index contributed by atoms with van der Waals surface area (Å²) in [4.78, 5) is 22.3. The van der Waals surface area contributed by atoms with Gasteiger partial charge in [0.1, 0.15) is 0 Å². The number of nitrogens with two attached hydrogens (primary N) is 2. The number of nitrogens with one attached hydrogen (secondary N) is 1. The van der Waals surface area contributed by atoms with Gasteiger partial charge >= 0.3 is 0 Å². The second kappa shape index (κ2) is 6.24. The zero-order valence-electron chi connectivity index (χ0n) is 8.86. The average Bonchev–Trinajstić information content (AvgIpc) is 2.65. The van der Waals surface area contributed by atoms with E-state index in [4.69, 9.17) is 11.5 Å². The van der Waals surface area contributed by atoms with E-state index in [1.807, 2.05) is 0 Å². The Hall–Kier alpha value is -1.40. The molecule has 0 spiro atoms. The van der Waals surface area contributed by atoms with E-state index in [2.05, 4.69) is 5.32 Å². The van der Waals surface area contributed by atoms with Gasteiger partial charge in [0, 0.05) is 23.2 Å². The molecule has 0 saturated carbocycles. The number of rotatable bonds is 7. The van der Waals surface area contributed by atoms with Crippen LogP contribution < -0.4 is 16.8 Å². The topological polar surface area (TPSA) is 98.2 Å². The van der Waals surface area contributed by atoms with Gasteiger partial charge < -0.3 is 16.8 Å². The van der Waals surface area contributed by atoms with Crippen LogP contribution in [0.3, 0.4) is 0 Å². The van der Waals surface area contributed by atoms with Crippen LogP contribution in [0.1, 0.15) is 28.1 Å². The molecule has 6 heteroatoms. The first kappa shape index (κ1) is 12.7. The molecule has 0 unspecified atom stereocenters. The summed E-state index contributed by atoms with van der Waals surface area (Å²) in [5, 5.41) is 4.90. The van der Waals surface area contributed by atoms with E-state index in [0.29, 0.717) is 18.5 Å². The lowest BCUT2D eigenvalue weighted by Gasteiger charge is -2.00. The minimum Gasteiger partial charge on any atom is -0.370 e. The molecule has 1 aromatic rings. The smallest absolute Gasteiger partial charge is 0.249 e. The molecule has 1 heterocycles. The van der Waals surface area contributed by atoms with E-state index in [-0.39, 0.29) is 5.91 Å².